The summed E-state index contributed by atoms with van der Waals surface area (Å²) in [6.07, 6.45) is 3.46. The van der Waals surface area contributed by atoms with E-state index in [2.05, 4.69) is 25.0 Å². The number of carbonyl (C=O) groups excluding carboxylic acids is 1. The molecule has 1 aliphatic heterocycles. The topological polar surface area (TPSA) is 88.3 Å². The predicted molar refractivity (Wildman–Crippen MR) is 110 cm³/mol. The van der Waals surface area contributed by atoms with E-state index >= 15 is 0 Å². The average molecular weight is 406 g/mol. The van der Waals surface area contributed by atoms with Crippen LogP contribution in [0.1, 0.15) is 16.1 Å². The van der Waals surface area contributed by atoms with Gasteiger partial charge in [0.15, 0.2) is 0 Å². The van der Waals surface area contributed by atoms with Gasteiger partial charge in [0, 0.05) is 38.6 Å². The highest BCUT2D eigenvalue weighted by Gasteiger charge is 2.27. The van der Waals surface area contributed by atoms with Gasteiger partial charge in [-0.1, -0.05) is 11.2 Å². The molecule has 0 aliphatic carbocycles. The van der Waals surface area contributed by atoms with Crippen LogP contribution in [0, 0.1) is 6.92 Å². The quantitative estimate of drug-likeness (QED) is 0.517. The number of piperazine rings is 1. The zero-order valence-electron chi connectivity index (χ0n) is 15.8. The van der Waals surface area contributed by atoms with E-state index in [-0.39, 0.29) is 5.91 Å². The number of pyridine rings is 1. The molecule has 0 N–H and O–H groups in total. The Kier molecular flexibility index (Phi) is 4.44. The number of hydrogen-bond acceptors (Lipinski definition) is 8. The van der Waals surface area contributed by atoms with Gasteiger partial charge in [-0.05, 0) is 30.5 Å². The van der Waals surface area contributed by atoms with Crippen molar-refractivity contribution in [3.05, 3.63) is 53.3 Å². The van der Waals surface area contributed by atoms with Crippen LogP contribution in [0.2, 0.25) is 0 Å². The summed E-state index contributed by atoms with van der Waals surface area (Å²) in [4.78, 5) is 31.5. The van der Waals surface area contributed by atoms with E-state index < -0.39 is 0 Å². The smallest absolute Gasteiger partial charge is 0.259 e. The van der Waals surface area contributed by atoms with Crippen LogP contribution in [0.3, 0.4) is 0 Å². The fraction of sp³-hybridized carbons (Fsp3) is 0.250. The monoisotopic (exact) mass is 406 g/mol. The molecule has 146 valence electrons. The zero-order chi connectivity index (χ0) is 19.8. The Morgan fingerprint density at radius 1 is 1.14 bits per heavy atom. The van der Waals surface area contributed by atoms with Crippen molar-refractivity contribution in [2.24, 2.45) is 0 Å². The number of rotatable bonds is 3. The second-order valence-electron chi connectivity index (χ2n) is 6.81. The number of thiophene rings is 1. The third-order valence-electron chi connectivity index (χ3n) is 5.02. The summed E-state index contributed by atoms with van der Waals surface area (Å²) < 4.78 is 5.39. The molecule has 8 nitrogen and oxygen atoms in total. The van der Waals surface area contributed by atoms with Crippen LogP contribution in [-0.4, -0.2) is 57.1 Å². The van der Waals surface area contributed by atoms with E-state index in [4.69, 9.17) is 4.52 Å². The molecule has 29 heavy (non-hydrogen) atoms. The first kappa shape index (κ1) is 17.7. The molecule has 0 spiro atoms. The second kappa shape index (κ2) is 7.25. The Balaban J connectivity index is 1.44. The van der Waals surface area contributed by atoms with Crippen LogP contribution in [0.15, 0.2) is 46.6 Å². The summed E-state index contributed by atoms with van der Waals surface area (Å²) in [7, 11) is 0. The molecule has 1 aliphatic rings. The number of aromatic nitrogens is 4. The molecule has 5 heterocycles. The van der Waals surface area contributed by atoms with Crippen LogP contribution in [0.4, 0.5) is 5.95 Å². The molecule has 9 heteroatoms. The lowest BCUT2D eigenvalue weighted by molar-refractivity contribution is 0.0748. The number of anilines is 1. The van der Waals surface area contributed by atoms with Crippen LogP contribution in [0.25, 0.3) is 21.7 Å². The number of amides is 1. The van der Waals surface area contributed by atoms with Crippen molar-refractivity contribution in [3.63, 3.8) is 0 Å². The molecule has 0 unspecified atom stereocenters. The molecular weight excluding hydrogens is 388 g/mol. The highest BCUT2D eigenvalue weighted by Crippen LogP contribution is 2.30. The summed E-state index contributed by atoms with van der Waals surface area (Å²) in [6.45, 7) is 4.40. The van der Waals surface area contributed by atoms with E-state index in [0.29, 0.717) is 54.5 Å². The lowest BCUT2D eigenvalue weighted by atomic mass is 10.1. The molecule has 5 rings (SSSR count). The maximum Gasteiger partial charge on any atom is 0.259 e. The Morgan fingerprint density at radius 3 is 2.66 bits per heavy atom. The van der Waals surface area contributed by atoms with Gasteiger partial charge in [0.05, 0.1) is 27.2 Å². The molecule has 0 aromatic carbocycles. The third-order valence-corrected chi connectivity index (χ3v) is 5.92. The summed E-state index contributed by atoms with van der Waals surface area (Å²) in [5.41, 5.74) is 2.38. The van der Waals surface area contributed by atoms with E-state index in [9.17, 15) is 4.79 Å². The SMILES string of the molecule is Cc1noc2nc(-c3cccs3)cc(C(=O)N3CCN(c4ncccn4)CC3)c12. The minimum absolute atomic E-state index is 0.0323. The van der Waals surface area contributed by atoms with Gasteiger partial charge in [0.1, 0.15) is 0 Å². The standard InChI is InChI=1S/C20H18N6O2S/c1-13-17-14(12-15(16-4-2-11-29-16)23-18(17)28-24-13)19(27)25-7-9-26(10-8-25)20-21-5-3-6-22-20/h2-6,11-12H,7-10H2,1H3. The molecule has 1 amide bonds. The second-order valence-corrected chi connectivity index (χ2v) is 7.76. The minimum Gasteiger partial charge on any atom is -0.337 e. The number of hydrogen-bond donors (Lipinski definition) is 0. The third kappa shape index (κ3) is 3.23. The van der Waals surface area contributed by atoms with Gasteiger partial charge in [0.2, 0.25) is 5.95 Å². The fourth-order valence-corrected chi connectivity index (χ4v) is 4.23. The van der Waals surface area contributed by atoms with Gasteiger partial charge >= 0.3 is 0 Å². The summed E-state index contributed by atoms with van der Waals surface area (Å²) >= 11 is 1.58. The molecular formula is C20H18N6O2S. The van der Waals surface area contributed by atoms with Crippen molar-refractivity contribution in [2.75, 3.05) is 31.1 Å². The zero-order valence-corrected chi connectivity index (χ0v) is 16.6. The number of nitrogens with zero attached hydrogens (tertiary/aromatic N) is 6. The molecule has 0 atom stereocenters. The lowest BCUT2D eigenvalue weighted by Crippen LogP contribution is -2.49. The van der Waals surface area contributed by atoms with Crippen molar-refractivity contribution in [3.8, 4) is 10.6 Å². The van der Waals surface area contributed by atoms with Crippen LogP contribution in [-0.2, 0) is 0 Å². The molecule has 1 fully saturated rings. The fourth-order valence-electron chi connectivity index (χ4n) is 3.55. The van der Waals surface area contributed by atoms with Gasteiger partial charge in [-0.25, -0.2) is 15.0 Å². The highest BCUT2D eigenvalue weighted by atomic mass is 32.1. The number of fused-ring (bicyclic) bond motifs is 1. The van der Waals surface area contributed by atoms with Gasteiger partial charge < -0.3 is 14.3 Å². The summed E-state index contributed by atoms with van der Waals surface area (Å²) in [5, 5.41) is 6.70. The van der Waals surface area contributed by atoms with Crippen molar-refractivity contribution in [2.45, 2.75) is 6.92 Å². The summed E-state index contributed by atoms with van der Waals surface area (Å²) in [5.74, 6) is 0.663. The molecule has 0 bridgehead atoms. The Bertz CT molecular complexity index is 1150. The largest absolute Gasteiger partial charge is 0.337 e. The number of carbonyl (C=O) groups is 1. The van der Waals surface area contributed by atoms with Crippen molar-refractivity contribution < 1.29 is 9.32 Å². The van der Waals surface area contributed by atoms with Crippen LogP contribution < -0.4 is 4.90 Å². The normalized spacial score (nSPS) is 14.5. The van der Waals surface area contributed by atoms with Crippen LogP contribution in [0.5, 0.6) is 0 Å². The first-order valence-corrected chi connectivity index (χ1v) is 10.2. The van der Waals surface area contributed by atoms with E-state index in [1.807, 2.05) is 35.4 Å². The van der Waals surface area contributed by atoms with Gasteiger partial charge in [-0.3, -0.25) is 4.79 Å². The molecule has 4 aromatic heterocycles. The van der Waals surface area contributed by atoms with Gasteiger partial charge in [-0.15, -0.1) is 11.3 Å². The first-order chi connectivity index (χ1) is 14.2. The Morgan fingerprint density at radius 2 is 1.93 bits per heavy atom. The molecule has 0 saturated carbocycles. The molecule has 4 aromatic rings. The maximum absolute atomic E-state index is 13.4. The average Bonchev–Trinajstić information content (AvgIpc) is 3.44. The lowest BCUT2D eigenvalue weighted by Gasteiger charge is -2.34. The van der Waals surface area contributed by atoms with Crippen molar-refractivity contribution >= 4 is 34.3 Å². The van der Waals surface area contributed by atoms with Crippen LogP contribution >= 0.6 is 11.3 Å². The van der Waals surface area contributed by atoms with Crippen molar-refractivity contribution in [1.29, 1.82) is 0 Å². The van der Waals surface area contributed by atoms with Gasteiger partial charge in [-0.2, -0.15) is 0 Å². The van der Waals surface area contributed by atoms with E-state index in [1.165, 1.54) is 0 Å². The van der Waals surface area contributed by atoms with Crippen molar-refractivity contribution in [1.82, 2.24) is 25.0 Å². The van der Waals surface area contributed by atoms with Gasteiger partial charge in [0.25, 0.3) is 11.6 Å². The predicted octanol–water partition coefficient (Wildman–Crippen LogP) is 3.01. The Hall–Kier alpha value is -3.33. The Labute approximate surface area is 170 Å². The molecule has 1 saturated heterocycles. The first-order valence-electron chi connectivity index (χ1n) is 9.33. The van der Waals surface area contributed by atoms with E-state index in [1.54, 1.807) is 29.8 Å². The maximum atomic E-state index is 13.4. The van der Waals surface area contributed by atoms with E-state index in [0.717, 1.165) is 10.6 Å². The molecule has 0 radical (unpaired) electrons. The minimum atomic E-state index is -0.0323. The number of aryl methyl sites for hydroxylation is 1. The highest BCUT2D eigenvalue weighted by molar-refractivity contribution is 7.13. The summed E-state index contributed by atoms with van der Waals surface area (Å²) in [6, 6.07) is 7.59.